The molecule has 0 atom stereocenters. The summed E-state index contributed by atoms with van der Waals surface area (Å²) in [5.41, 5.74) is 1.74. The van der Waals surface area contributed by atoms with Crippen LogP contribution >= 0.6 is 0 Å². The number of aromatic nitrogens is 4. The van der Waals surface area contributed by atoms with Crippen molar-refractivity contribution in [2.45, 2.75) is 38.0 Å². The minimum absolute atomic E-state index is 0.0862. The fourth-order valence-corrected chi connectivity index (χ4v) is 4.16. The number of fused-ring (bicyclic) bond motifs is 1. The van der Waals surface area contributed by atoms with Crippen LogP contribution in [0.1, 0.15) is 49.5 Å². The number of benzene rings is 1. The Balaban J connectivity index is 1.38. The van der Waals surface area contributed by atoms with Gasteiger partial charge in [-0.2, -0.15) is 10.4 Å². The van der Waals surface area contributed by atoms with Gasteiger partial charge in [0.2, 0.25) is 5.82 Å². The number of hydrogen-bond donors (Lipinski definition) is 2. The van der Waals surface area contributed by atoms with Crippen molar-refractivity contribution in [3.05, 3.63) is 29.7 Å². The Kier molecular flexibility index (Phi) is 5.77. The molecule has 1 aromatic carbocycles. The lowest BCUT2D eigenvalue weighted by atomic mass is 10.2. The molecule has 32 heavy (non-hydrogen) atoms. The van der Waals surface area contributed by atoms with E-state index in [1.807, 2.05) is 24.3 Å². The molecule has 3 heterocycles. The van der Waals surface area contributed by atoms with Gasteiger partial charge in [-0.1, -0.05) is 0 Å². The number of likely N-dealkylation sites (tertiary alicyclic amines) is 1. The number of ether oxygens (including phenoxy) is 2. The predicted molar refractivity (Wildman–Crippen MR) is 120 cm³/mol. The summed E-state index contributed by atoms with van der Waals surface area (Å²) < 4.78 is 11.6. The number of nitrogens with one attached hydrogen (secondary N) is 2. The molecule has 1 aliphatic carbocycles. The van der Waals surface area contributed by atoms with Gasteiger partial charge in [-0.25, -0.2) is 9.97 Å². The molecule has 2 aliphatic rings. The van der Waals surface area contributed by atoms with Crippen LogP contribution in [0.2, 0.25) is 0 Å². The molecule has 2 N–H and O–H groups in total. The standard InChI is InChI=1S/C23H27N7O2/c1-31-19-11-16-18(12-20(19)32-10-4-9-30-7-2-3-8-30)25-22(14-24)27-23(16)26-21-13-17(28-29-21)15-5-6-15/h11-13,15H,2-10H2,1H3,(H2,25,26,27,28,29). The van der Waals surface area contributed by atoms with Gasteiger partial charge in [0.25, 0.3) is 0 Å². The fourth-order valence-electron chi connectivity index (χ4n) is 4.16. The quantitative estimate of drug-likeness (QED) is 0.491. The molecule has 1 saturated heterocycles. The normalized spacial score (nSPS) is 16.2. The first kappa shape index (κ1) is 20.5. The summed E-state index contributed by atoms with van der Waals surface area (Å²) in [7, 11) is 1.62. The Bertz CT molecular complexity index is 1140. The second kappa shape index (κ2) is 9.01. The smallest absolute Gasteiger partial charge is 0.234 e. The highest BCUT2D eigenvalue weighted by Crippen LogP contribution is 2.40. The van der Waals surface area contributed by atoms with Crippen LogP contribution in [0, 0.1) is 11.3 Å². The minimum atomic E-state index is 0.0862. The first-order valence-corrected chi connectivity index (χ1v) is 11.2. The molecular formula is C23H27N7O2. The zero-order chi connectivity index (χ0) is 21.9. The number of rotatable bonds is 9. The van der Waals surface area contributed by atoms with Crippen LogP contribution in [0.4, 0.5) is 11.6 Å². The molecule has 9 heteroatoms. The molecule has 0 amide bonds. The van der Waals surface area contributed by atoms with Crippen molar-refractivity contribution in [1.82, 2.24) is 25.1 Å². The highest BCUT2D eigenvalue weighted by molar-refractivity contribution is 5.93. The zero-order valence-electron chi connectivity index (χ0n) is 18.2. The van der Waals surface area contributed by atoms with E-state index in [1.165, 1.54) is 38.8 Å². The van der Waals surface area contributed by atoms with Gasteiger partial charge in [0, 0.05) is 35.7 Å². The van der Waals surface area contributed by atoms with Crippen LogP contribution in [-0.4, -0.2) is 58.4 Å². The SMILES string of the molecule is COc1cc2c(Nc3cc(C4CC4)[nH]n3)nc(C#N)nc2cc1OCCCN1CCCC1. The van der Waals surface area contributed by atoms with Crippen LogP contribution in [0.5, 0.6) is 11.5 Å². The van der Waals surface area contributed by atoms with E-state index < -0.39 is 0 Å². The summed E-state index contributed by atoms with van der Waals surface area (Å²) in [5.74, 6) is 3.06. The maximum absolute atomic E-state index is 9.43. The third kappa shape index (κ3) is 4.46. The number of aromatic amines is 1. The van der Waals surface area contributed by atoms with Gasteiger partial charge < -0.3 is 19.7 Å². The topological polar surface area (TPSA) is 112 Å². The van der Waals surface area contributed by atoms with Crippen molar-refractivity contribution in [2.24, 2.45) is 0 Å². The highest BCUT2D eigenvalue weighted by atomic mass is 16.5. The molecule has 9 nitrogen and oxygen atoms in total. The first-order valence-electron chi connectivity index (χ1n) is 11.2. The van der Waals surface area contributed by atoms with E-state index in [4.69, 9.17) is 9.47 Å². The summed E-state index contributed by atoms with van der Waals surface area (Å²) in [6, 6.07) is 7.70. The largest absolute Gasteiger partial charge is 0.493 e. The van der Waals surface area contributed by atoms with E-state index in [9.17, 15) is 5.26 Å². The Morgan fingerprint density at radius 1 is 1.19 bits per heavy atom. The van der Waals surface area contributed by atoms with Gasteiger partial charge in [0.1, 0.15) is 11.9 Å². The minimum Gasteiger partial charge on any atom is -0.493 e. The molecule has 0 spiro atoms. The third-order valence-electron chi connectivity index (χ3n) is 6.02. The molecule has 1 saturated carbocycles. The summed E-state index contributed by atoms with van der Waals surface area (Å²) in [4.78, 5) is 11.2. The van der Waals surface area contributed by atoms with Crippen molar-refractivity contribution in [1.29, 1.82) is 5.26 Å². The van der Waals surface area contributed by atoms with E-state index in [0.717, 1.165) is 24.0 Å². The Hall–Kier alpha value is -3.38. The first-order chi connectivity index (χ1) is 15.7. The number of H-pyrrole nitrogens is 1. The Labute approximate surface area is 186 Å². The average Bonchev–Trinajstić information content (AvgIpc) is 3.33. The maximum atomic E-state index is 9.43. The summed E-state index contributed by atoms with van der Waals surface area (Å²) in [6.07, 6.45) is 5.90. The maximum Gasteiger partial charge on any atom is 0.234 e. The van der Waals surface area contributed by atoms with Gasteiger partial charge in [0.15, 0.2) is 17.3 Å². The number of methoxy groups -OCH3 is 1. The van der Waals surface area contributed by atoms with Crippen LogP contribution in [-0.2, 0) is 0 Å². The van der Waals surface area contributed by atoms with Crippen molar-refractivity contribution in [3.8, 4) is 17.6 Å². The highest BCUT2D eigenvalue weighted by Gasteiger charge is 2.25. The average molecular weight is 434 g/mol. The summed E-state index contributed by atoms with van der Waals surface area (Å²) in [5, 5.41) is 20.8. The molecule has 2 aromatic heterocycles. The molecule has 5 rings (SSSR count). The molecule has 0 radical (unpaired) electrons. The predicted octanol–water partition coefficient (Wildman–Crippen LogP) is 3.72. The van der Waals surface area contributed by atoms with Gasteiger partial charge in [-0.15, -0.1) is 0 Å². The fraction of sp³-hybridized carbons (Fsp3) is 0.478. The summed E-state index contributed by atoms with van der Waals surface area (Å²) in [6.45, 7) is 4.00. The van der Waals surface area contributed by atoms with Crippen molar-refractivity contribution >= 4 is 22.5 Å². The van der Waals surface area contributed by atoms with E-state index in [2.05, 4.69) is 30.4 Å². The van der Waals surface area contributed by atoms with E-state index in [0.29, 0.717) is 41.2 Å². The lowest BCUT2D eigenvalue weighted by molar-refractivity contribution is 0.254. The van der Waals surface area contributed by atoms with Gasteiger partial charge in [-0.05, 0) is 51.3 Å². The molecule has 1 aliphatic heterocycles. The number of nitrogens with zero attached hydrogens (tertiary/aromatic N) is 5. The molecule has 0 unspecified atom stereocenters. The Morgan fingerprint density at radius 3 is 2.78 bits per heavy atom. The molecule has 2 fully saturated rings. The van der Waals surface area contributed by atoms with Crippen molar-refractivity contribution in [2.75, 3.05) is 38.7 Å². The Morgan fingerprint density at radius 2 is 2.03 bits per heavy atom. The second-order valence-electron chi connectivity index (χ2n) is 8.39. The van der Waals surface area contributed by atoms with Crippen LogP contribution in [0.25, 0.3) is 10.9 Å². The van der Waals surface area contributed by atoms with Crippen molar-refractivity contribution < 1.29 is 9.47 Å². The summed E-state index contributed by atoms with van der Waals surface area (Å²) >= 11 is 0. The molecule has 166 valence electrons. The lowest BCUT2D eigenvalue weighted by Gasteiger charge is -2.16. The number of anilines is 2. The zero-order valence-corrected chi connectivity index (χ0v) is 18.2. The lowest BCUT2D eigenvalue weighted by Crippen LogP contribution is -2.21. The molecule has 0 bridgehead atoms. The van der Waals surface area contributed by atoms with E-state index in [1.54, 1.807) is 7.11 Å². The van der Waals surface area contributed by atoms with E-state index in [-0.39, 0.29) is 5.82 Å². The van der Waals surface area contributed by atoms with Gasteiger partial charge in [0.05, 0.1) is 19.2 Å². The van der Waals surface area contributed by atoms with Crippen LogP contribution in [0.3, 0.4) is 0 Å². The second-order valence-corrected chi connectivity index (χ2v) is 8.39. The van der Waals surface area contributed by atoms with Crippen molar-refractivity contribution in [3.63, 3.8) is 0 Å². The molecule has 3 aromatic rings. The monoisotopic (exact) mass is 433 g/mol. The number of nitriles is 1. The van der Waals surface area contributed by atoms with Gasteiger partial charge >= 0.3 is 0 Å². The number of hydrogen-bond acceptors (Lipinski definition) is 8. The molecular weight excluding hydrogens is 406 g/mol. The third-order valence-corrected chi connectivity index (χ3v) is 6.02. The van der Waals surface area contributed by atoms with Crippen LogP contribution in [0.15, 0.2) is 18.2 Å². The van der Waals surface area contributed by atoms with E-state index >= 15 is 0 Å². The van der Waals surface area contributed by atoms with Gasteiger partial charge in [-0.3, -0.25) is 5.10 Å². The van der Waals surface area contributed by atoms with Crippen LogP contribution < -0.4 is 14.8 Å².